The lowest BCUT2D eigenvalue weighted by molar-refractivity contribution is -0.0761. The van der Waals surface area contributed by atoms with Crippen molar-refractivity contribution in [3.63, 3.8) is 0 Å². The molecule has 0 amide bonds. The van der Waals surface area contributed by atoms with Gasteiger partial charge in [-0.1, -0.05) is 0 Å². The van der Waals surface area contributed by atoms with Crippen LogP contribution in [0, 0.1) is 0 Å². The van der Waals surface area contributed by atoms with E-state index in [1.165, 1.54) is 12.0 Å². The van der Waals surface area contributed by atoms with Crippen LogP contribution in [0.15, 0.2) is 6.20 Å². The van der Waals surface area contributed by atoms with E-state index in [1.807, 2.05) is 6.20 Å². The van der Waals surface area contributed by atoms with Crippen molar-refractivity contribution in [2.45, 2.75) is 44.9 Å². The molecule has 86 valence electrons. The SMILES string of the molecule is CC1(c2ncc3c(n2)CNC3)CCCCO1. The fourth-order valence-corrected chi connectivity index (χ4v) is 2.42. The minimum absolute atomic E-state index is 0.268. The van der Waals surface area contributed by atoms with E-state index in [2.05, 4.69) is 22.2 Å². The molecule has 2 aliphatic rings. The second kappa shape index (κ2) is 3.79. The third-order valence-corrected chi connectivity index (χ3v) is 3.50. The van der Waals surface area contributed by atoms with E-state index in [0.29, 0.717) is 0 Å². The summed E-state index contributed by atoms with van der Waals surface area (Å²) >= 11 is 0. The van der Waals surface area contributed by atoms with Crippen molar-refractivity contribution in [2.24, 2.45) is 0 Å². The van der Waals surface area contributed by atoms with Crippen LogP contribution in [0.4, 0.5) is 0 Å². The predicted octanol–water partition coefficient (Wildman–Crippen LogP) is 1.50. The zero-order chi connectivity index (χ0) is 11.0. The standard InChI is InChI=1S/C12H17N3O/c1-12(4-2-3-5-16-12)11-14-7-9-6-13-8-10(9)15-11/h7,13H,2-6,8H2,1H3. The maximum atomic E-state index is 5.87. The molecule has 1 aromatic rings. The highest BCUT2D eigenvalue weighted by molar-refractivity contribution is 5.22. The number of fused-ring (bicyclic) bond motifs is 1. The van der Waals surface area contributed by atoms with Crippen molar-refractivity contribution in [3.05, 3.63) is 23.3 Å². The highest BCUT2D eigenvalue weighted by Gasteiger charge is 2.33. The van der Waals surface area contributed by atoms with Gasteiger partial charge in [-0.15, -0.1) is 0 Å². The van der Waals surface area contributed by atoms with Crippen LogP contribution < -0.4 is 5.32 Å². The Bertz CT molecular complexity index is 399. The molecule has 1 saturated heterocycles. The lowest BCUT2D eigenvalue weighted by Gasteiger charge is -2.32. The van der Waals surface area contributed by atoms with Gasteiger partial charge in [-0.25, -0.2) is 9.97 Å². The van der Waals surface area contributed by atoms with Gasteiger partial charge in [0.25, 0.3) is 0 Å². The minimum atomic E-state index is -0.268. The predicted molar refractivity (Wildman–Crippen MR) is 59.7 cm³/mol. The van der Waals surface area contributed by atoms with Crippen LogP contribution in [0.2, 0.25) is 0 Å². The quantitative estimate of drug-likeness (QED) is 0.777. The Morgan fingerprint density at radius 2 is 2.31 bits per heavy atom. The molecule has 3 rings (SSSR count). The largest absolute Gasteiger partial charge is 0.367 e. The van der Waals surface area contributed by atoms with Crippen molar-refractivity contribution >= 4 is 0 Å². The van der Waals surface area contributed by atoms with Crippen LogP contribution in [-0.4, -0.2) is 16.6 Å². The lowest BCUT2D eigenvalue weighted by atomic mass is 9.95. The molecule has 1 N–H and O–H groups in total. The van der Waals surface area contributed by atoms with E-state index in [4.69, 9.17) is 4.74 Å². The number of ether oxygens (including phenoxy) is 1. The Morgan fingerprint density at radius 1 is 1.38 bits per heavy atom. The smallest absolute Gasteiger partial charge is 0.160 e. The first-order chi connectivity index (χ1) is 7.78. The molecule has 0 spiro atoms. The number of nitrogens with one attached hydrogen (secondary N) is 1. The van der Waals surface area contributed by atoms with Gasteiger partial charge >= 0.3 is 0 Å². The van der Waals surface area contributed by atoms with Crippen LogP contribution in [-0.2, 0) is 23.4 Å². The molecule has 3 heterocycles. The second-order valence-corrected chi connectivity index (χ2v) is 4.81. The van der Waals surface area contributed by atoms with Gasteiger partial charge in [0, 0.05) is 31.5 Å². The number of aromatic nitrogens is 2. The summed E-state index contributed by atoms with van der Waals surface area (Å²) in [5.41, 5.74) is 2.10. The van der Waals surface area contributed by atoms with Crippen LogP contribution in [0.1, 0.15) is 43.3 Å². The first-order valence-electron chi connectivity index (χ1n) is 5.98. The number of nitrogens with zero attached hydrogens (tertiary/aromatic N) is 2. The molecule has 1 fully saturated rings. The topological polar surface area (TPSA) is 47.0 Å². The molecule has 4 nitrogen and oxygen atoms in total. The Labute approximate surface area is 95.4 Å². The molecule has 0 saturated carbocycles. The van der Waals surface area contributed by atoms with E-state index in [-0.39, 0.29) is 5.60 Å². The van der Waals surface area contributed by atoms with Crippen molar-refractivity contribution in [2.75, 3.05) is 6.61 Å². The summed E-state index contributed by atoms with van der Waals surface area (Å²) in [6, 6.07) is 0. The third-order valence-electron chi connectivity index (χ3n) is 3.50. The van der Waals surface area contributed by atoms with Gasteiger partial charge in [0.15, 0.2) is 5.82 Å². The molecule has 1 atom stereocenters. The average molecular weight is 219 g/mol. The summed E-state index contributed by atoms with van der Waals surface area (Å²) in [4.78, 5) is 9.12. The van der Waals surface area contributed by atoms with Crippen molar-refractivity contribution < 1.29 is 4.74 Å². The summed E-state index contributed by atoms with van der Waals surface area (Å²) in [5.74, 6) is 0.856. The molecule has 2 aliphatic heterocycles. The first-order valence-corrected chi connectivity index (χ1v) is 5.98. The Balaban J connectivity index is 1.93. The van der Waals surface area contributed by atoms with Crippen LogP contribution >= 0.6 is 0 Å². The van der Waals surface area contributed by atoms with E-state index < -0.39 is 0 Å². The molecular weight excluding hydrogens is 202 g/mol. The number of rotatable bonds is 1. The van der Waals surface area contributed by atoms with Gasteiger partial charge < -0.3 is 10.1 Å². The summed E-state index contributed by atoms with van der Waals surface area (Å²) in [5, 5.41) is 3.29. The normalized spacial score (nSPS) is 29.1. The maximum absolute atomic E-state index is 5.87. The first kappa shape index (κ1) is 10.2. The number of hydrogen-bond acceptors (Lipinski definition) is 4. The van der Waals surface area contributed by atoms with Gasteiger partial charge in [-0.2, -0.15) is 0 Å². The second-order valence-electron chi connectivity index (χ2n) is 4.81. The molecule has 0 aliphatic carbocycles. The van der Waals surface area contributed by atoms with E-state index in [1.54, 1.807) is 0 Å². The van der Waals surface area contributed by atoms with Gasteiger partial charge in [0.2, 0.25) is 0 Å². The molecule has 0 bridgehead atoms. The van der Waals surface area contributed by atoms with E-state index >= 15 is 0 Å². The Hall–Kier alpha value is -1.00. The monoisotopic (exact) mass is 219 g/mol. The molecule has 1 unspecified atom stereocenters. The van der Waals surface area contributed by atoms with Crippen LogP contribution in [0.5, 0.6) is 0 Å². The van der Waals surface area contributed by atoms with Crippen LogP contribution in [0.25, 0.3) is 0 Å². The molecule has 0 aromatic carbocycles. The molecule has 0 radical (unpaired) electrons. The van der Waals surface area contributed by atoms with E-state index in [9.17, 15) is 0 Å². The lowest BCUT2D eigenvalue weighted by Crippen LogP contribution is -2.32. The van der Waals surface area contributed by atoms with Crippen LogP contribution in [0.3, 0.4) is 0 Å². The maximum Gasteiger partial charge on any atom is 0.160 e. The fraction of sp³-hybridized carbons (Fsp3) is 0.667. The average Bonchev–Trinajstić information content (AvgIpc) is 2.77. The molecule has 1 aromatic heterocycles. The van der Waals surface area contributed by atoms with Gasteiger partial charge in [-0.3, -0.25) is 0 Å². The highest BCUT2D eigenvalue weighted by atomic mass is 16.5. The highest BCUT2D eigenvalue weighted by Crippen LogP contribution is 2.32. The Morgan fingerprint density at radius 3 is 3.12 bits per heavy atom. The summed E-state index contributed by atoms with van der Waals surface area (Å²) in [7, 11) is 0. The minimum Gasteiger partial charge on any atom is -0.367 e. The van der Waals surface area contributed by atoms with Crippen molar-refractivity contribution in [1.29, 1.82) is 0 Å². The zero-order valence-corrected chi connectivity index (χ0v) is 9.62. The van der Waals surface area contributed by atoms with Gasteiger partial charge in [0.05, 0.1) is 5.69 Å². The molecule has 4 heteroatoms. The molecular formula is C12H17N3O. The fourth-order valence-electron chi connectivity index (χ4n) is 2.42. The van der Waals surface area contributed by atoms with Crippen molar-refractivity contribution in [3.8, 4) is 0 Å². The third kappa shape index (κ3) is 1.62. The number of hydrogen-bond donors (Lipinski definition) is 1. The van der Waals surface area contributed by atoms with Crippen molar-refractivity contribution in [1.82, 2.24) is 15.3 Å². The Kier molecular flexibility index (Phi) is 2.41. The van der Waals surface area contributed by atoms with E-state index in [0.717, 1.165) is 44.1 Å². The van der Waals surface area contributed by atoms with Gasteiger partial charge in [0.1, 0.15) is 5.60 Å². The summed E-state index contributed by atoms with van der Waals surface area (Å²) in [6.45, 7) is 4.69. The van der Waals surface area contributed by atoms with Gasteiger partial charge in [-0.05, 0) is 26.2 Å². The molecule has 16 heavy (non-hydrogen) atoms. The summed E-state index contributed by atoms with van der Waals surface area (Å²) in [6.07, 6.45) is 5.33. The zero-order valence-electron chi connectivity index (χ0n) is 9.62. The summed E-state index contributed by atoms with van der Waals surface area (Å²) < 4.78 is 5.87.